The van der Waals surface area contributed by atoms with Crippen LogP contribution in [-0.4, -0.2) is 42.5 Å². The van der Waals surface area contributed by atoms with E-state index in [-0.39, 0.29) is 75.8 Å². The van der Waals surface area contributed by atoms with Gasteiger partial charge >= 0.3 is 59.1 Å². The number of nitrogens with zero attached hydrogens (tertiary/aromatic N) is 1. The number of hydrogen-bond donors (Lipinski definition) is 0. The van der Waals surface area contributed by atoms with Gasteiger partial charge in [-0.3, -0.25) is 14.6 Å². The average molecular weight is 477 g/mol. The van der Waals surface area contributed by atoms with E-state index in [2.05, 4.69) is 4.98 Å². The van der Waals surface area contributed by atoms with Crippen LogP contribution < -0.4 is 59.1 Å². The smallest absolute Gasteiger partial charge is 0.744 e. The Morgan fingerprint density at radius 2 is 1.16 bits per heavy atom. The van der Waals surface area contributed by atoms with Crippen molar-refractivity contribution >= 4 is 42.7 Å². The summed E-state index contributed by atoms with van der Waals surface area (Å²) in [7, 11) is -11.1. The number of rotatable bonds is 3. The molecule has 1 aromatic heterocycles. The van der Waals surface area contributed by atoms with Gasteiger partial charge in [0, 0.05) is 16.5 Å². The molecule has 1 aliphatic rings. The van der Waals surface area contributed by atoms with E-state index in [1.165, 1.54) is 42.5 Å². The number of hydrogen-bond acceptors (Lipinski definition) is 9. The predicted molar refractivity (Wildman–Crippen MR) is 95.5 cm³/mol. The van der Waals surface area contributed by atoms with Gasteiger partial charge in [-0.25, -0.2) is 16.8 Å². The van der Waals surface area contributed by atoms with Crippen molar-refractivity contribution < 1.29 is 94.6 Å². The second-order valence-corrected chi connectivity index (χ2v) is 8.92. The number of carbonyl (C=O) groups excluding carboxylic acids is 2. The quantitative estimate of drug-likeness (QED) is 0.205. The molecule has 0 aliphatic heterocycles. The molecule has 3 aromatic rings. The number of pyridine rings is 1. The predicted octanol–water partition coefficient (Wildman–Crippen LogP) is -4.79. The van der Waals surface area contributed by atoms with Crippen molar-refractivity contribution in [3.63, 3.8) is 0 Å². The van der Waals surface area contributed by atoms with Crippen LogP contribution in [0.15, 0.2) is 58.3 Å². The zero-order chi connectivity index (χ0) is 21.1. The molecule has 0 N–H and O–H groups in total. The van der Waals surface area contributed by atoms with E-state index in [4.69, 9.17) is 0 Å². The Bertz CT molecular complexity index is 1420. The number of Topliss-reactive ketones (excluding diaryl/α,β-unsaturated/α-hetero) is 2. The third-order valence-corrected chi connectivity index (χ3v) is 6.55. The first-order valence-corrected chi connectivity index (χ1v) is 10.9. The molecule has 0 saturated carbocycles. The van der Waals surface area contributed by atoms with Gasteiger partial charge in [0.05, 0.1) is 21.0 Å². The number of ketones is 2. The van der Waals surface area contributed by atoms with Gasteiger partial charge in [0.25, 0.3) is 0 Å². The Kier molecular flexibility index (Phi) is 7.71. The van der Waals surface area contributed by atoms with Gasteiger partial charge in [0.15, 0.2) is 11.6 Å². The molecule has 0 spiro atoms. The Labute approximate surface area is 221 Å². The number of aromatic nitrogens is 1. The molecule has 31 heavy (non-hydrogen) atoms. The minimum absolute atomic E-state index is 0. The zero-order valence-corrected chi connectivity index (χ0v) is 21.9. The fraction of sp³-hybridized carbons (Fsp3) is 0.0556. The van der Waals surface area contributed by atoms with Gasteiger partial charge in [0.2, 0.25) is 0 Å². The summed E-state index contributed by atoms with van der Waals surface area (Å²) in [6.45, 7) is 0. The summed E-state index contributed by atoms with van der Waals surface area (Å²) in [6.07, 6.45) is 0. The molecule has 148 valence electrons. The van der Waals surface area contributed by atoms with Crippen LogP contribution in [0.4, 0.5) is 0 Å². The van der Waals surface area contributed by atoms with Crippen LogP contribution in [-0.2, 0) is 20.2 Å². The monoisotopic (exact) mass is 477 g/mol. The maximum Gasteiger partial charge on any atom is 1.00 e. The summed E-state index contributed by atoms with van der Waals surface area (Å²) in [6, 6.07) is 10.8. The summed E-state index contributed by atoms with van der Waals surface area (Å²) in [5.74, 6) is -3.53. The third kappa shape index (κ3) is 4.44. The van der Waals surface area contributed by atoms with Crippen LogP contribution in [0.25, 0.3) is 10.9 Å². The third-order valence-electron chi connectivity index (χ3n) is 4.58. The van der Waals surface area contributed by atoms with Crippen molar-refractivity contribution in [1.29, 1.82) is 0 Å². The maximum absolute atomic E-state index is 12.8. The molecule has 4 rings (SSSR count). The number of benzene rings is 2. The normalized spacial score (nSPS) is 14.1. The van der Waals surface area contributed by atoms with E-state index in [1.807, 2.05) is 0 Å². The SMILES string of the molecule is O=C1c2ccccc2C(=O)C1c1nc2ccccc2c(S(=O)(=O)[O-])c1S(=O)(=O)[O-].[Na+].[Na+]. The molecule has 13 heteroatoms. The molecule has 0 fully saturated rings. The summed E-state index contributed by atoms with van der Waals surface area (Å²) >= 11 is 0. The van der Waals surface area contributed by atoms with Gasteiger partial charge in [0.1, 0.15) is 26.2 Å². The minimum Gasteiger partial charge on any atom is -0.744 e. The molecule has 0 saturated heterocycles. The van der Waals surface area contributed by atoms with E-state index in [0.29, 0.717) is 0 Å². The standard InChI is InChI=1S/C18H11NO8S2.2Na/c20-15-9-5-1-2-6-10(9)16(21)13(15)14-18(29(25,26)27)17(28(22,23)24)11-7-3-4-8-12(11)19-14;;/h1-8,13H,(H,22,23,24)(H,25,26,27);;/q;2*+1/p-2. The Hall–Kier alpha value is -0.990. The zero-order valence-electron chi connectivity index (χ0n) is 16.2. The topological polar surface area (TPSA) is 161 Å². The summed E-state index contributed by atoms with van der Waals surface area (Å²) in [5, 5.41) is -0.393. The van der Waals surface area contributed by atoms with Crippen LogP contribution in [0.2, 0.25) is 0 Å². The molecule has 0 radical (unpaired) electrons. The van der Waals surface area contributed by atoms with Crippen molar-refractivity contribution in [1.82, 2.24) is 4.98 Å². The van der Waals surface area contributed by atoms with Crippen molar-refractivity contribution in [2.45, 2.75) is 15.7 Å². The van der Waals surface area contributed by atoms with Crippen LogP contribution in [0, 0.1) is 0 Å². The molecule has 9 nitrogen and oxygen atoms in total. The fourth-order valence-electron chi connectivity index (χ4n) is 3.46. The van der Waals surface area contributed by atoms with Crippen LogP contribution in [0.3, 0.4) is 0 Å². The molecule has 1 aliphatic carbocycles. The van der Waals surface area contributed by atoms with Crippen molar-refractivity contribution in [3.05, 3.63) is 65.4 Å². The van der Waals surface area contributed by atoms with E-state index in [9.17, 15) is 35.5 Å². The molecule has 2 aromatic carbocycles. The number of para-hydroxylation sites is 1. The minimum atomic E-state index is -5.61. The van der Waals surface area contributed by atoms with E-state index >= 15 is 0 Å². The maximum atomic E-state index is 12.8. The second kappa shape index (κ2) is 9.10. The molecule has 0 bridgehead atoms. The number of fused-ring (bicyclic) bond motifs is 2. The summed E-state index contributed by atoms with van der Waals surface area (Å²) < 4.78 is 71.7. The fourth-order valence-corrected chi connectivity index (χ4v) is 5.60. The second-order valence-electron chi connectivity index (χ2n) is 6.29. The van der Waals surface area contributed by atoms with Crippen molar-refractivity contribution in [2.24, 2.45) is 0 Å². The summed E-state index contributed by atoms with van der Waals surface area (Å²) in [4.78, 5) is 26.8. The van der Waals surface area contributed by atoms with Gasteiger partial charge in [-0.05, 0) is 6.07 Å². The van der Waals surface area contributed by atoms with Crippen molar-refractivity contribution in [3.8, 4) is 0 Å². The Morgan fingerprint density at radius 1 is 0.710 bits per heavy atom. The van der Waals surface area contributed by atoms with E-state index in [1.54, 1.807) is 0 Å². The first-order valence-electron chi connectivity index (χ1n) is 8.03. The average Bonchev–Trinajstić information content (AvgIpc) is 2.89. The molecular formula is C18H9NNa2O8S2. The van der Waals surface area contributed by atoms with Crippen LogP contribution >= 0.6 is 0 Å². The molecule has 0 amide bonds. The molecule has 1 heterocycles. The Balaban J connectivity index is 0.00000171. The number of carbonyl (C=O) groups is 2. The van der Waals surface area contributed by atoms with Gasteiger partial charge in [-0.2, -0.15) is 0 Å². The van der Waals surface area contributed by atoms with Gasteiger partial charge in [-0.1, -0.05) is 42.5 Å². The van der Waals surface area contributed by atoms with Crippen LogP contribution in [0.5, 0.6) is 0 Å². The van der Waals surface area contributed by atoms with E-state index < -0.39 is 58.6 Å². The first-order chi connectivity index (χ1) is 13.5. The van der Waals surface area contributed by atoms with Crippen LogP contribution in [0.1, 0.15) is 32.3 Å². The molecule has 0 unspecified atom stereocenters. The Morgan fingerprint density at radius 3 is 1.65 bits per heavy atom. The summed E-state index contributed by atoms with van der Waals surface area (Å²) in [5.41, 5.74) is -1.04. The van der Waals surface area contributed by atoms with E-state index in [0.717, 1.165) is 6.07 Å². The largest absolute Gasteiger partial charge is 1.00 e. The van der Waals surface area contributed by atoms with Gasteiger partial charge in [-0.15, -0.1) is 0 Å². The molecule has 0 atom stereocenters. The first kappa shape index (κ1) is 26.3. The van der Waals surface area contributed by atoms with Gasteiger partial charge < -0.3 is 9.11 Å². The molecular weight excluding hydrogens is 468 g/mol. The van der Waals surface area contributed by atoms with Crippen molar-refractivity contribution in [2.75, 3.05) is 0 Å².